The van der Waals surface area contributed by atoms with E-state index >= 15 is 0 Å². The van der Waals surface area contributed by atoms with Gasteiger partial charge in [0, 0.05) is 11.9 Å². The molecule has 0 atom stereocenters. The van der Waals surface area contributed by atoms with Crippen LogP contribution in [0.4, 0.5) is 0 Å². The topological polar surface area (TPSA) is 54.5 Å². The van der Waals surface area contributed by atoms with Crippen LogP contribution in [0.2, 0.25) is 0 Å². The molecule has 1 amide bonds. The lowest BCUT2D eigenvalue weighted by Gasteiger charge is -2.42. The minimum absolute atomic E-state index is 0.288. The summed E-state index contributed by atoms with van der Waals surface area (Å²) in [5.74, 6) is -0.298. The molecule has 76 valence electrons. The number of carbonyl (C=O) groups is 1. The van der Waals surface area contributed by atoms with Gasteiger partial charge in [0.15, 0.2) is 4.75 Å². The van der Waals surface area contributed by atoms with E-state index in [2.05, 4.69) is 15.9 Å². The maximum Gasteiger partial charge on any atom is 0.258 e. The molecule has 0 aromatic heterocycles. The molecular formula is C7H12BrNO3S. The predicted octanol–water partition coefficient (Wildman–Crippen LogP) is 0.722. The number of carbonyl (C=O) groups excluding carboxylic acids is 1. The Morgan fingerprint density at radius 3 is 2.38 bits per heavy atom. The van der Waals surface area contributed by atoms with E-state index in [4.69, 9.17) is 0 Å². The van der Waals surface area contributed by atoms with Crippen LogP contribution in [0.25, 0.3) is 0 Å². The summed E-state index contributed by atoms with van der Waals surface area (Å²) >= 11 is 3.18. The van der Waals surface area contributed by atoms with Gasteiger partial charge in [-0.05, 0) is 20.3 Å². The summed E-state index contributed by atoms with van der Waals surface area (Å²) in [6.07, 6.45) is 0.654. The highest BCUT2D eigenvalue weighted by Crippen LogP contribution is 2.34. The Morgan fingerprint density at radius 2 is 2.00 bits per heavy atom. The van der Waals surface area contributed by atoms with E-state index in [1.54, 1.807) is 0 Å². The van der Waals surface area contributed by atoms with E-state index in [-0.39, 0.29) is 12.5 Å². The average Bonchev–Trinajstić information content (AvgIpc) is 2.04. The quantitative estimate of drug-likeness (QED) is 0.710. The largest absolute Gasteiger partial charge is 0.272 e. The standard InChI is InChI=1S/C7H12BrNO3S/c1-7(2)6(10)9(5-3-4-8)13(7,11)12/h3-5H2,1-2H3. The molecule has 4 nitrogen and oxygen atoms in total. The number of rotatable bonds is 3. The van der Waals surface area contributed by atoms with Crippen LogP contribution in [0.3, 0.4) is 0 Å². The van der Waals surface area contributed by atoms with Crippen molar-refractivity contribution in [2.75, 3.05) is 11.9 Å². The van der Waals surface area contributed by atoms with Crippen LogP contribution in [0.15, 0.2) is 0 Å². The van der Waals surface area contributed by atoms with Gasteiger partial charge in [0.25, 0.3) is 15.9 Å². The number of alkyl halides is 1. The Balaban J connectivity index is 2.78. The Labute approximate surface area is 86.5 Å². The zero-order chi connectivity index (χ0) is 10.3. The van der Waals surface area contributed by atoms with Crippen LogP contribution in [-0.4, -0.2) is 35.3 Å². The summed E-state index contributed by atoms with van der Waals surface area (Å²) in [6, 6.07) is 0. The van der Waals surface area contributed by atoms with Crippen LogP contribution in [-0.2, 0) is 14.8 Å². The van der Waals surface area contributed by atoms with E-state index in [0.717, 1.165) is 4.31 Å². The van der Waals surface area contributed by atoms with Crippen LogP contribution in [0.5, 0.6) is 0 Å². The summed E-state index contributed by atoms with van der Waals surface area (Å²) in [6.45, 7) is 3.17. The van der Waals surface area contributed by atoms with Crippen molar-refractivity contribution in [2.45, 2.75) is 25.0 Å². The number of amides is 1. The number of hydrogen-bond donors (Lipinski definition) is 0. The first-order valence-corrected chi connectivity index (χ1v) is 6.54. The molecule has 1 heterocycles. The predicted molar refractivity (Wildman–Crippen MR) is 53.1 cm³/mol. The van der Waals surface area contributed by atoms with Crippen molar-refractivity contribution in [1.29, 1.82) is 0 Å². The summed E-state index contributed by atoms with van der Waals surface area (Å²) < 4.78 is 22.7. The van der Waals surface area contributed by atoms with Crippen LogP contribution in [0.1, 0.15) is 20.3 Å². The lowest BCUT2D eigenvalue weighted by atomic mass is 10.2. The van der Waals surface area contributed by atoms with Crippen molar-refractivity contribution in [3.63, 3.8) is 0 Å². The molecule has 0 aromatic carbocycles. The van der Waals surface area contributed by atoms with Crippen molar-refractivity contribution >= 4 is 31.9 Å². The fraction of sp³-hybridized carbons (Fsp3) is 0.857. The Bertz CT molecular complexity index is 323. The second kappa shape index (κ2) is 3.24. The van der Waals surface area contributed by atoms with Crippen LogP contribution in [0, 0.1) is 0 Å². The summed E-state index contributed by atoms with van der Waals surface area (Å²) in [5.41, 5.74) is 0. The van der Waals surface area contributed by atoms with Crippen LogP contribution >= 0.6 is 15.9 Å². The molecule has 0 saturated carbocycles. The van der Waals surface area contributed by atoms with E-state index in [9.17, 15) is 13.2 Å². The zero-order valence-corrected chi connectivity index (χ0v) is 9.98. The van der Waals surface area contributed by atoms with Gasteiger partial charge in [-0.15, -0.1) is 0 Å². The summed E-state index contributed by atoms with van der Waals surface area (Å²) in [7, 11) is -3.36. The molecule has 0 N–H and O–H groups in total. The molecule has 0 bridgehead atoms. The Kier molecular flexibility index (Phi) is 2.73. The molecular weight excluding hydrogens is 258 g/mol. The Morgan fingerprint density at radius 1 is 1.46 bits per heavy atom. The molecule has 13 heavy (non-hydrogen) atoms. The molecule has 1 saturated heterocycles. The average molecular weight is 270 g/mol. The van der Waals surface area contributed by atoms with Gasteiger partial charge in [0.2, 0.25) is 0 Å². The molecule has 6 heteroatoms. The molecule has 0 aromatic rings. The first-order valence-electron chi connectivity index (χ1n) is 3.98. The number of sulfonamides is 1. The molecule has 0 unspecified atom stereocenters. The van der Waals surface area contributed by atoms with E-state index in [1.165, 1.54) is 13.8 Å². The third-order valence-corrected chi connectivity index (χ3v) is 5.13. The van der Waals surface area contributed by atoms with E-state index < -0.39 is 14.8 Å². The van der Waals surface area contributed by atoms with Gasteiger partial charge in [0.05, 0.1) is 0 Å². The smallest absolute Gasteiger partial charge is 0.258 e. The van der Waals surface area contributed by atoms with Crippen molar-refractivity contribution in [2.24, 2.45) is 0 Å². The minimum Gasteiger partial charge on any atom is -0.272 e. The normalized spacial score (nSPS) is 24.2. The minimum atomic E-state index is -3.36. The van der Waals surface area contributed by atoms with Gasteiger partial charge < -0.3 is 0 Å². The summed E-state index contributed by atoms with van der Waals surface area (Å²) in [4.78, 5) is 11.3. The number of hydrogen-bond acceptors (Lipinski definition) is 3. The van der Waals surface area contributed by atoms with Gasteiger partial charge in [-0.1, -0.05) is 15.9 Å². The van der Waals surface area contributed by atoms with Gasteiger partial charge in [-0.2, -0.15) is 0 Å². The van der Waals surface area contributed by atoms with Crippen molar-refractivity contribution < 1.29 is 13.2 Å². The molecule has 1 aliphatic heterocycles. The molecule has 0 aliphatic carbocycles. The fourth-order valence-corrected chi connectivity index (χ4v) is 3.00. The van der Waals surface area contributed by atoms with Gasteiger partial charge in [0.1, 0.15) is 0 Å². The Hall–Kier alpha value is -0.100. The SMILES string of the molecule is CC1(C)C(=O)N(CCCBr)S1(=O)=O. The van der Waals surface area contributed by atoms with Crippen molar-refractivity contribution in [1.82, 2.24) is 4.31 Å². The van der Waals surface area contributed by atoms with Gasteiger partial charge in [-0.25, -0.2) is 12.7 Å². The fourth-order valence-electron chi connectivity index (χ4n) is 1.18. The highest BCUT2D eigenvalue weighted by atomic mass is 79.9. The second-order valence-electron chi connectivity index (χ2n) is 3.44. The second-order valence-corrected chi connectivity index (χ2v) is 6.64. The van der Waals surface area contributed by atoms with Crippen molar-refractivity contribution in [3.05, 3.63) is 0 Å². The van der Waals surface area contributed by atoms with E-state index in [1.807, 2.05) is 0 Å². The number of halogens is 1. The molecule has 1 aliphatic rings. The molecule has 1 rings (SSSR count). The molecule has 0 radical (unpaired) electrons. The maximum absolute atomic E-state index is 11.5. The lowest BCUT2D eigenvalue weighted by Crippen LogP contribution is -2.67. The number of nitrogens with zero attached hydrogens (tertiary/aromatic N) is 1. The monoisotopic (exact) mass is 269 g/mol. The third-order valence-electron chi connectivity index (χ3n) is 2.17. The van der Waals surface area contributed by atoms with Gasteiger partial charge in [-0.3, -0.25) is 4.79 Å². The lowest BCUT2D eigenvalue weighted by molar-refractivity contribution is -0.132. The third kappa shape index (κ3) is 1.40. The zero-order valence-electron chi connectivity index (χ0n) is 7.58. The highest BCUT2D eigenvalue weighted by Gasteiger charge is 2.59. The molecule has 1 fully saturated rings. The first kappa shape index (κ1) is 11.0. The van der Waals surface area contributed by atoms with Crippen molar-refractivity contribution in [3.8, 4) is 0 Å². The van der Waals surface area contributed by atoms with Crippen LogP contribution < -0.4 is 0 Å². The summed E-state index contributed by atoms with van der Waals surface area (Å²) in [5, 5.41) is 0.701. The highest BCUT2D eigenvalue weighted by molar-refractivity contribution is 9.09. The first-order chi connectivity index (χ1) is 5.85. The maximum atomic E-state index is 11.5. The van der Waals surface area contributed by atoms with E-state index in [0.29, 0.717) is 11.8 Å². The molecule has 0 spiro atoms. The van der Waals surface area contributed by atoms with Gasteiger partial charge >= 0.3 is 0 Å².